The van der Waals surface area contributed by atoms with Crippen LogP contribution in [0.3, 0.4) is 0 Å². The van der Waals surface area contributed by atoms with Gasteiger partial charge >= 0.3 is 0 Å². The number of carbonyl (C=O) groups excluding carboxylic acids is 1. The van der Waals surface area contributed by atoms with E-state index in [0.717, 1.165) is 38.8 Å². The maximum atomic E-state index is 12.5. The van der Waals surface area contributed by atoms with E-state index in [4.69, 9.17) is 14.2 Å². The van der Waals surface area contributed by atoms with E-state index in [-0.39, 0.29) is 18.0 Å². The summed E-state index contributed by atoms with van der Waals surface area (Å²) in [7, 11) is 0. The Morgan fingerprint density at radius 1 is 1.26 bits per heavy atom. The first-order valence-corrected chi connectivity index (χ1v) is 9.87. The fourth-order valence-electron chi connectivity index (χ4n) is 4.07. The average molecular weight is 376 g/mol. The van der Waals surface area contributed by atoms with Crippen LogP contribution in [0.25, 0.3) is 0 Å². The molecule has 1 saturated heterocycles. The zero-order valence-electron chi connectivity index (χ0n) is 15.6. The summed E-state index contributed by atoms with van der Waals surface area (Å²) in [5.74, 6) is 1.38. The van der Waals surface area contributed by atoms with Crippen LogP contribution in [0.15, 0.2) is 18.2 Å². The highest BCUT2D eigenvalue weighted by atomic mass is 16.5. The molecule has 2 fully saturated rings. The number of ether oxygens (including phenoxy) is 3. The van der Waals surface area contributed by atoms with Crippen molar-refractivity contribution < 1.29 is 24.1 Å². The zero-order chi connectivity index (χ0) is 18.7. The predicted molar refractivity (Wildman–Crippen MR) is 99.1 cm³/mol. The summed E-state index contributed by atoms with van der Waals surface area (Å²) < 4.78 is 17.3. The van der Waals surface area contributed by atoms with Crippen LogP contribution in [0.2, 0.25) is 0 Å². The minimum atomic E-state index is -0.632. The van der Waals surface area contributed by atoms with Crippen LogP contribution in [0.4, 0.5) is 0 Å². The van der Waals surface area contributed by atoms with E-state index in [1.165, 1.54) is 0 Å². The molecule has 0 bridgehead atoms. The number of rotatable bonds is 6. The number of benzene rings is 1. The number of fused-ring (bicyclic) bond motifs is 1. The molecule has 3 aliphatic rings. The lowest BCUT2D eigenvalue weighted by atomic mass is 9.88. The first-order chi connectivity index (χ1) is 13.1. The van der Waals surface area contributed by atoms with E-state index >= 15 is 0 Å². The van der Waals surface area contributed by atoms with Crippen LogP contribution < -0.4 is 14.9 Å². The Kier molecular flexibility index (Phi) is 5.63. The summed E-state index contributed by atoms with van der Waals surface area (Å²) in [6.07, 6.45) is 3.95. The number of Topliss-reactive ketones (excluding diaryl/α,β-unsaturated/α-hetero) is 1. The van der Waals surface area contributed by atoms with E-state index in [1.807, 2.05) is 5.01 Å². The van der Waals surface area contributed by atoms with Gasteiger partial charge in [-0.15, -0.1) is 0 Å². The molecule has 1 aromatic carbocycles. The molecule has 0 radical (unpaired) electrons. The van der Waals surface area contributed by atoms with E-state index in [1.54, 1.807) is 18.2 Å². The fraction of sp³-hybridized carbons (Fsp3) is 0.650. The topological polar surface area (TPSA) is 80.3 Å². The Hall–Kier alpha value is -1.67. The van der Waals surface area contributed by atoms with Crippen LogP contribution >= 0.6 is 0 Å². The molecule has 148 valence electrons. The molecule has 0 aromatic heterocycles. The summed E-state index contributed by atoms with van der Waals surface area (Å²) in [4.78, 5) is 12.5. The number of aliphatic hydroxyl groups is 1. The quantitative estimate of drug-likeness (QED) is 0.780. The molecular formula is C20H28N2O5. The van der Waals surface area contributed by atoms with E-state index in [0.29, 0.717) is 43.2 Å². The van der Waals surface area contributed by atoms with Gasteiger partial charge in [-0.1, -0.05) is 0 Å². The molecule has 2 aliphatic heterocycles. The van der Waals surface area contributed by atoms with Crippen molar-refractivity contribution in [3.05, 3.63) is 23.8 Å². The predicted octanol–water partition coefficient (Wildman–Crippen LogP) is 1.54. The van der Waals surface area contributed by atoms with Gasteiger partial charge in [-0.05, 0) is 37.8 Å². The third-order valence-corrected chi connectivity index (χ3v) is 5.58. The summed E-state index contributed by atoms with van der Waals surface area (Å²) in [5.41, 5.74) is 3.52. The number of aliphatic hydroxyl groups excluding tert-OH is 1. The average Bonchev–Trinajstić information content (AvgIpc) is 3.12. The van der Waals surface area contributed by atoms with E-state index < -0.39 is 6.10 Å². The van der Waals surface area contributed by atoms with Gasteiger partial charge in [-0.3, -0.25) is 10.2 Å². The number of hydrazine groups is 1. The second-order valence-corrected chi connectivity index (χ2v) is 7.68. The van der Waals surface area contributed by atoms with Crippen LogP contribution in [0.1, 0.15) is 42.5 Å². The Balaban J connectivity index is 1.31. The fourth-order valence-corrected chi connectivity index (χ4v) is 4.07. The molecule has 2 heterocycles. The third-order valence-electron chi connectivity index (χ3n) is 5.58. The number of ketones is 1. The maximum absolute atomic E-state index is 12.5. The number of hydrogen-bond acceptors (Lipinski definition) is 7. The molecule has 27 heavy (non-hydrogen) atoms. The van der Waals surface area contributed by atoms with Crippen molar-refractivity contribution in [1.29, 1.82) is 0 Å². The monoisotopic (exact) mass is 376 g/mol. The first kappa shape index (κ1) is 18.7. The van der Waals surface area contributed by atoms with Gasteiger partial charge in [0, 0.05) is 25.7 Å². The number of nitrogens with one attached hydrogen (secondary N) is 1. The van der Waals surface area contributed by atoms with Crippen molar-refractivity contribution in [1.82, 2.24) is 10.4 Å². The summed E-state index contributed by atoms with van der Waals surface area (Å²) in [6, 6.07) is 5.33. The molecule has 7 nitrogen and oxygen atoms in total. The molecule has 1 saturated carbocycles. The van der Waals surface area contributed by atoms with Gasteiger partial charge in [0.05, 0.1) is 25.2 Å². The van der Waals surface area contributed by atoms with Crippen molar-refractivity contribution in [2.24, 2.45) is 0 Å². The molecule has 1 aliphatic carbocycles. The van der Waals surface area contributed by atoms with Gasteiger partial charge in [0.15, 0.2) is 5.78 Å². The molecule has 2 N–H and O–H groups in total. The van der Waals surface area contributed by atoms with Crippen molar-refractivity contribution in [2.75, 3.05) is 39.5 Å². The van der Waals surface area contributed by atoms with Crippen LogP contribution in [-0.4, -0.2) is 67.1 Å². The Morgan fingerprint density at radius 2 is 2.04 bits per heavy atom. The van der Waals surface area contributed by atoms with Crippen molar-refractivity contribution >= 4 is 5.78 Å². The Morgan fingerprint density at radius 3 is 2.81 bits per heavy atom. The molecule has 7 heteroatoms. The van der Waals surface area contributed by atoms with Crippen molar-refractivity contribution in [3.63, 3.8) is 0 Å². The van der Waals surface area contributed by atoms with Crippen molar-refractivity contribution in [2.45, 2.75) is 43.8 Å². The zero-order valence-corrected chi connectivity index (χ0v) is 15.6. The smallest absolute Gasteiger partial charge is 0.170 e. The van der Waals surface area contributed by atoms with Gasteiger partial charge in [0.25, 0.3) is 0 Å². The number of morpholine rings is 1. The number of hydrogen-bond donors (Lipinski definition) is 2. The first-order valence-electron chi connectivity index (χ1n) is 9.87. The van der Waals surface area contributed by atoms with Crippen LogP contribution in [0, 0.1) is 0 Å². The van der Waals surface area contributed by atoms with Crippen LogP contribution in [0.5, 0.6) is 11.5 Å². The maximum Gasteiger partial charge on any atom is 0.170 e. The van der Waals surface area contributed by atoms with E-state index in [9.17, 15) is 9.90 Å². The molecule has 0 amide bonds. The molecule has 1 atom stereocenters. The minimum absolute atomic E-state index is 0.152. The normalized spacial score (nSPS) is 23.1. The van der Waals surface area contributed by atoms with Gasteiger partial charge < -0.3 is 19.3 Å². The Labute approximate surface area is 159 Å². The molecule has 1 unspecified atom stereocenters. The SMILES string of the molecule is O=C1CC2(CCCC2)Oc2cc(OCC(O)CNN3CCOCC3)ccc21. The lowest BCUT2D eigenvalue weighted by molar-refractivity contribution is -0.000828. The summed E-state index contributed by atoms with van der Waals surface area (Å²) in [6.45, 7) is 3.62. The van der Waals surface area contributed by atoms with Gasteiger partial charge in [0.2, 0.25) is 0 Å². The van der Waals surface area contributed by atoms with Gasteiger partial charge in [-0.2, -0.15) is 0 Å². The van der Waals surface area contributed by atoms with E-state index in [2.05, 4.69) is 5.43 Å². The second-order valence-electron chi connectivity index (χ2n) is 7.68. The molecular weight excluding hydrogens is 348 g/mol. The number of carbonyl (C=O) groups is 1. The summed E-state index contributed by atoms with van der Waals surface area (Å²) in [5, 5.41) is 12.2. The second kappa shape index (κ2) is 8.14. The highest BCUT2D eigenvalue weighted by molar-refractivity contribution is 6.00. The minimum Gasteiger partial charge on any atom is -0.491 e. The molecule has 4 rings (SSSR count). The molecule has 1 spiro atoms. The lowest BCUT2D eigenvalue weighted by Crippen LogP contribution is -2.48. The highest BCUT2D eigenvalue weighted by Crippen LogP contribution is 2.43. The lowest BCUT2D eigenvalue weighted by Gasteiger charge is -2.34. The highest BCUT2D eigenvalue weighted by Gasteiger charge is 2.42. The summed E-state index contributed by atoms with van der Waals surface area (Å²) >= 11 is 0. The third kappa shape index (κ3) is 4.43. The van der Waals surface area contributed by atoms with Crippen LogP contribution in [-0.2, 0) is 4.74 Å². The van der Waals surface area contributed by atoms with Gasteiger partial charge in [0.1, 0.15) is 29.8 Å². The standard InChI is InChI=1S/C20H28N2O5/c23-15(13-21-22-7-9-25-10-8-22)14-26-16-3-4-17-18(24)12-20(5-1-2-6-20)27-19(17)11-16/h3-4,11,15,21,23H,1-2,5-10,12-14H2. The number of nitrogens with zero attached hydrogens (tertiary/aromatic N) is 1. The van der Waals surface area contributed by atoms with Gasteiger partial charge in [-0.25, -0.2) is 5.01 Å². The molecule has 1 aromatic rings. The largest absolute Gasteiger partial charge is 0.491 e. The van der Waals surface area contributed by atoms with Crippen molar-refractivity contribution in [3.8, 4) is 11.5 Å². The Bertz CT molecular complexity index is 668.